The van der Waals surface area contributed by atoms with Crippen LogP contribution in [-0.2, 0) is 15.0 Å². The number of amides is 3. The molecule has 2 aromatic carbocycles. The molecular formula is C22H23N3O5. The predicted octanol–water partition coefficient (Wildman–Crippen LogP) is 2.64. The molecule has 8 nitrogen and oxygen atoms in total. The van der Waals surface area contributed by atoms with Gasteiger partial charge >= 0.3 is 5.97 Å². The maximum absolute atomic E-state index is 12.4. The van der Waals surface area contributed by atoms with Crippen LogP contribution < -0.4 is 16.2 Å². The maximum atomic E-state index is 12.4. The van der Waals surface area contributed by atoms with Crippen LogP contribution in [0.1, 0.15) is 47.1 Å². The second-order valence-corrected chi connectivity index (χ2v) is 7.47. The number of anilines is 1. The molecule has 0 aromatic heterocycles. The van der Waals surface area contributed by atoms with Crippen molar-refractivity contribution in [3.05, 3.63) is 77.4 Å². The Morgan fingerprint density at radius 1 is 0.767 bits per heavy atom. The topological polar surface area (TPSA) is 125 Å². The molecule has 156 valence electrons. The van der Waals surface area contributed by atoms with Crippen LogP contribution in [0, 0.1) is 0 Å². The highest BCUT2D eigenvalue weighted by Crippen LogP contribution is 2.22. The first-order valence-electron chi connectivity index (χ1n) is 9.09. The van der Waals surface area contributed by atoms with E-state index in [4.69, 9.17) is 5.11 Å². The summed E-state index contributed by atoms with van der Waals surface area (Å²) >= 11 is 0. The normalized spacial score (nSPS) is 11.0. The highest BCUT2D eigenvalue weighted by molar-refractivity contribution is 6.04. The van der Waals surface area contributed by atoms with E-state index in [1.54, 1.807) is 24.3 Å². The SMILES string of the molecule is CC(C)(C)c1ccc(C(=O)Nc2ccc(C(=O)NNC(=O)C=CC(=O)O)cc2)cc1. The van der Waals surface area contributed by atoms with Crippen molar-refractivity contribution in [1.29, 1.82) is 0 Å². The fourth-order valence-corrected chi connectivity index (χ4v) is 2.41. The largest absolute Gasteiger partial charge is 0.478 e. The molecule has 0 fully saturated rings. The number of carboxylic acid groups (broad SMARTS) is 1. The van der Waals surface area contributed by atoms with Crippen LogP contribution in [0.3, 0.4) is 0 Å². The third-order valence-corrected chi connectivity index (χ3v) is 4.09. The van der Waals surface area contributed by atoms with Gasteiger partial charge in [0.05, 0.1) is 0 Å². The zero-order valence-electron chi connectivity index (χ0n) is 16.9. The number of carbonyl (C=O) groups is 4. The zero-order valence-corrected chi connectivity index (χ0v) is 16.9. The first-order chi connectivity index (χ1) is 14.1. The van der Waals surface area contributed by atoms with Gasteiger partial charge in [0.15, 0.2) is 0 Å². The van der Waals surface area contributed by atoms with E-state index in [1.807, 2.05) is 12.1 Å². The molecule has 0 saturated heterocycles. The summed E-state index contributed by atoms with van der Waals surface area (Å²) < 4.78 is 0. The standard InChI is InChI=1S/C22H23N3O5/c1-22(2,3)16-8-4-14(5-9-16)20(29)23-17-10-6-15(7-11-17)21(30)25-24-18(26)12-13-19(27)28/h4-13H,1-3H3,(H,23,29)(H,24,26)(H,25,30)(H,27,28). The zero-order chi connectivity index (χ0) is 22.3. The summed E-state index contributed by atoms with van der Waals surface area (Å²) in [6.07, 6.45) is 1.42. The second-order valence-electron chi connectivity index (χ2n) is 7.47. The Hall–Kier alpha value is -3.94. The Bertz CT molecular complexity index is 971. The molecule has 0 bridgehead atoms. The Morgan fingerprint density at radius 2 is 1.30 bits per heavy atom. The molecule has 0 atom stereocenters. The van der Waals surface area contributed by atoms with Gasteiger partial charge in [-0.1, -0.05) is 32.9 Å². The van der Waals surface area contributed by atoms with E-state index in [0.717, 1.165) is 11.6 Å². The lowest BCUT2D eigenvalue weighted by atomic mass is 9.87. The van der Waals surface area contributed by atoms with Crippen LogP contribution >= 0.6 is 0 Å². The smallest absolute Gasteiger partial charge is 0.328 e. The van der Waals surface area contributed by atoms with Crippen LogP contribution in [-0.4, -0.2) is 28.8 Å². The lowest BCUT2D eigenvalue weighted by Crippen LogP contribution is -2.40. The van der Waals surface area contributed by atoms with E-state index >= 15 is 0 Å². The van der Waals surface area contributed by atoms with Crippen molar-refractivity contribution in [2.24, 2.45) is 0 Å². The van der Waals surface area contributed by atoms with Gasteiger partial charge in [0.25, 0.3) is 17.7 Å². The third-order valence-electron chi connectivity index (χ3n) is 4.09. The van der Waals surface area contributed by atoms with Crippen LogP contribution in [0.4, 0.5) is 5.69 Å². The molecule has 3 amide bonds. The maximum Gasteiger partial charge on any atom is 0.328 e. The lowest BCUT2D eigenvalue weighted by Gasteiger charge is -2.19. The van der Waals surface area contributed by atoms with Gasteiger partial charge < -0.3 is 10.4 Å². The summed E-state index contributed by atoms with van der Waals surface area (Å²) in [7, 11) is 0. The molecular weight excluding hydrogens is 386 g/mol. The van der Waals surface area contributed by atoms with Crippen molar-refractivity contribution in [2.75, 3.05) is 5.32 Å². The molecule has 0 aliphatic rings. The number of hydrogen-bond donors (Lipinski definition) is 4. The van der Waals surface area contributed by atoms with E-state index in [1.165, 1.54) is 12.1 Å². The molecule has 0 saturated carbocycles. The predicted molar refractivity (Wildman–Crippen MR) is 112 cm³/mol. The fourth-order valence-electron chi connectivity index (χ4n) is 2.41. The van der Waals surface area contributed by atoms with Gasteiger partial charge in [-0.3, -0.25) is 25.2 Å². The van der Waals surface area contributed by atoms with Gasteiger partial charge in [-0.2, -0.15) is 0 Å². The minimum Gasteiger partial charge on any atom is -0.478 e. The molecule has 4 N–H and O–H groups in total. The van der Waals surface area contributed by atoms with E-state index in [9.17, 15) is 19.2 Å². The van der Waals surface area contributed by atoms with Crippen LogP contribution in [0.15, 0.2) is 60.7 Å². The Labute approximate surface area is 174 Å². The van der Waals surface area contributed by atoms with E-state index < -0.39 is 17.8 Å². The van der Waals surface area contributed by atoms with Crippen molar-refractivity contribution in [1.82, 2.24) is 10.9 Å². The number of carboxylic acids is 1. The summed E-state index contributed by atoms with van der Waals surface area (Å²) in [5.41, 5.74) is 6.60. The average Bonchev–Trinajstić information content (AvgIpc) is 2.70. The first-order valence-corrected chi connectivity index (χ1v) is 9.09. The lowest BCUT2D eigenvalue weighted by molar-refractivity contribution is -0.131. The Morgan fingerprint density at radius 3 is 1.83 bits per heavy atom. The number of benzene rings is 2. The highest BCUT2D eigenvalue weighted by atomic mass is 16.4. The van der Waals surface area contributed by atoms with E-state index in [-0.39, 0.29) is 16.9 Å². The Balaban J connectivity index is 1.93. The molecule has 0 radical (unpaired) electrons. The van der Waals surface area contributed by atoms with Crippen molar-refractivity contribution < 1.29 is 24.3 Å². The van der Waals surface area contributed by atoms with Gasteiger partial charge in [0.1, 0.15) is 0 Å². The van der Waals surface area contributed by atoms with Gasteiger partial charge in [-0.05, 0) is 47.4 Å². The minimum absolute atomic E-state index is 0.00255. The molecule has 0 spiro atoms. The number of aliphatic carboxylic acids is 1. The number of hydrogen-bond acceptors (Lipinski definition) is 4. The summed E-state index contributed by atoms with van der Waals surface area (Å²) in [6.45, 7) is 6.29. The second kappa shape index (κ2) is 9.51. The summed E-state index contributed by atoms with van der Waals surface area (Å²) in [5.74, 6) is -2.93. The number of carbonyl (C=O) groups excluding carboxylic acids is 3. The van der Waals surface area contributed by atoms with Crippen LogP contribution in [0.2, 0.25) is 0 Å². The molecule has 0 heterocycles. The minimum atomic E-state index is -1.28. The average molecular weight is 409 g/mol. The molecule has 2 aromatic rings. The van der Waals surface area contributed by atoms with Crippen molar-refractivity contribution >= 4 is 29.4 Å². The van der Waals surface area contributed by atoms with E-state index in [0.29, 0.717) is 17.3 Å². The first kappa shape index (κ1) is 22.4. The van der Waals surface area contributed by atoms with Gasteiger partial charge in [0.2, 0.25) is 0 Å². The molecule has 0 unspecified atom stereocenters. The summed E-state index contributed by atoms with van der Waals surface area (Å²) in [5, 5.41) is 11.2. The van der Waals surface area contributed by atoms with Crippen molar-refractivity contribution in [2.45, 2.75) is 26.2 Å². The monoisotopic (exact) mass is 409 g/mol. The highest BCUT2D eigenvalue weighted by Gasteiger charge is 2.14. The molecule has 2 rings (SSSR count). The third kappa shape index (κ3) is 6.59. The number of rotatable bonds is 5. The number of nitrogens with one attached hydrogen (secondary N) is 3. The molecule has 0 aliphatic carbocycles. The fraction of sp³-hybridized carbons (Fsp3) is 0.182. The number of hydrazine groups is 1. The summed E-state index contributed by atoms with van der Waals surface area (Å²) in [4.78, 5) is 46.1. The quantitative estimate of drug-likeness (QED) is 0.446. The van der Waals surface area contributed by atoms with E-state index in [2.05, 4.69) is 36.9 Å². The molecule has 30 heavy (non-hydrogen) atoms. The van der Waals surface area contributed by atoms with Crippen molar-refractivity contribution in [3.8, 4) is 0 Å². The van der Waals surface area contributed by atoms with Gasteiger partial charge in [-0.25, -0.2) is 4.79 Å². The molecule has 8 heteroatoms. The molecule has 0 aliphatic heterocycles. The van der Waals surface area contributed by atoms with Crippen molar-refractivity contribution in [3.63, 3.8) is 0 Å². The van der Waals surface area contributed by atoms with Gasteiger partial charge in [-0.15, -0.1) is 0 Å². The van der Waals surface area contributed by atoms with Crippen LogP contribution in [0.25, 0.3) is 0 Å². The Kier molecular flexibility index (Phi) is 7.08. The van der Waals surface area contributed by atoms with Gasteiger partial charge in [0, 0.05) is 29.0 Å². The summed E-state index contributed by atoms with van der Waals surface area (Å²) in [6, 6.07) is 13.4. The van der Waals surface area contributed by atoms with Crippen LogP contribution in [0.5, 0.6) is 0 Å².